The minimum atomic E-state index is -3.80. The molecular weight excluding hydrogens is 442 g/mol. The van der Waals surface area contributed by atoms with Gasteiger partial charge >= 0.3 is 0 Å². The van der Waals surface area contributed by atoms with Crippen LogP contribution in [-0.2, 0) is 14.6 Å². The lowest BCUT2D eigenvalue weighted by atomic mass is 9.90. The van der Waals surface area contributed by atoms with Gasteiger partial charge in [0.2, 0.25) is 15.7 Å². The molecule has 0 spiro atoms. The number of hydrogen-bond donors (Lipinski definition) is 1. The molecule has 8 heteroatoms. The highest BCUT2D eigenvalue weighted by Crippen LogP contribution is 2.46. The number of rotatable bonds is 5. The van der Waals surface area contributed by atoms with Crippen molar-refractivity contribution in [1.82, 2.24) is 0 Å². The first-order valence-corrected chi connectivity index (χ1v) is 11.7. The lowest BCUT2D eigenvalue weighted by Gasteiger charge is -2.24. The second kappa shape index (κ2) is 8.15. The Morgan fingerprint density at radius 3 is 2.53 bits per heavy atom. The topological polar surface area (TPSA) is 72.5 Å². The highest BCUT2D eigenvalue weighted by atomic mass is 35.5. The largest absolute Gasteiger partial charge is 0.481 e. The Labute approximate surface area is 183 Å². The first kappa shape index (κ1) is 20.5. The van der Waals surface area contributed by atoms with Crippen LogP contribution in [0.3, 0.4) is 0 Å². The van der Waals surface area contributed by atoms with Crippen LogP contribution in [-0.4, -0.2) is 20.9 Å². The van der Waals surface area contributed by atoms with Crippen LogP contribution in [0, 0.1) is 12.3 Å². The van der Waals surface area contributed by atoms with Crippen LogP contribution < -0.4 is 10.1 Å². The number of fused-ring (bicyclic) bond motifs is 1. The molecule has 0 unspecified atom stereocenters. The highest BCUT2D eigenvalue weighted by molar-refractivity contribution is 7.91. The van der Waals surface area contributed by atoms with Crippen LogP contribution in [0.15, 0.2) is 63.7 Å². The van der Waals surface area contributed by atoms with Gasteiger partial charge in [0.1, 0.15) is 17.3 Å². The second-order valence-corrected chi connectivity index (χ2v) is 9.93. The van der Waals surface area contributed by atoms with E-state index in [9.17, 15) is 13.2 Å². The van der Waals surface area contributed by atoms with E-state index in [1.807, 2.05) is 12.1 Å². The maximum Gasteiger partial charge on any atom is 0.225 e. The number of carbonyl (C=O) groups excluding carboxylic acids is 1. The number of terminal acetylenes is 1. The molecule has 1 N–H and O–H groups in total. The third kappa shape index (κ3) is 3.82. The van der Waals surface area contributed by atoms with E-state index in [0.717, 1.165) is 10.4 Å². The van der Waals surface area contributed by atoms with Crippen LogP contribution in [0.1, 0.15) is 22.8 Å². The van der Waals surface area contributed by atoms with Gasteiger partial charge < -0.3 is 10.1 Å². The number of thiophene rings is 1. The van der Waals surface area contributed by atoms with Crippen molar-refractivity contribution in [1.29, 1.82) is 0 Å². The smallest absolute Gasteiger partial charge is 0.225 e. The summed E-state index contributed by atoms with van der Waals surface area (Å²) in [6.07, 6.45) is 5.44. The van der Waals surface area contributed by atoms with Gasteiger partial charge in [-0.1, -0.05) is 29.7 Å². The molecule has 0 saturated carbocycles. The molecule has 1 aliphatic rings. The van der Waals surface area contributed by atoms with E-state index in [0.29, 0.717) is 16.5 Å². The number of amides is 1. The van der Waals surface area contributed by atoms with Crippen LogP contribution in [0.25, 0.3) is 0 Å². The molecule has 152 valence electrons. The average molecular weight is 458 g/mol. The lowest BCUT2D eigenvalue weighted by Crippen LogP contribution is -2.23. The van der Waals surface area contributed by atoms with E-state index < -0.39 is 9.84 Å². The van der Waals surface area contributed by atoms with E-state index in [1.165, 1.54) is 35.6 Å². The summed E-state index contributed by atoms with van der Waals surface area (Å²) in [5.41, 5.74) is 1.25. The van der Waals surface area contributed by atoms with Crippen LogP contribution in [0.2, 0.25) is 5.02 Å². The molecule has 0 aliphatic carbocycles. The lowest BCUT2D eigenvalue weighted by molar-refractivity contribution is -0.116. The van der Waals surface area contributed by atoms with Gasteiger partial charge in [0.15, 0.2) is 0 Å². The van der Waals surface area contributed by atoms with E-state index >= 15 is 0 Å². The third-order valence-electron chi connectivity index (χ3n) is 4.77. The Morgan fingerprint density at radius 1 is 1.17 bits per heavy atom. The Kier molecular flexibility index (Phi) is 5.56. The zero-order valence-electron chi connectivity index (χ0n) is 15.6. The quantitative estimate of drug-likeness (QED) is 0.562. The molecule has 0 bridgehead atoms. The zero-order chi connectivity index (χ0) is 21.3. The fourth-order valence-electron chi connectivity index (χ4n) is 3.33. The highest BCUT2D eigenvalue weighted by Gasteiger charge is 2.34. The minimum Gasteiger partial charge on any atom is -0.481 e. The summed E-state index contributed by atoms with van der Waals surface area (Å²) >= 11 is 7.20. The Bertz CT molecular complexity index is 1240. The van der Waals surface area contributed by atoms with Gasteiger partial charge in [0.25, 0.3) is 0 Å². The molecule has 3 aromatic rings. The first-order valence-electron chi connectivity index (χ1n) is 8.98. The summed E-state index contributed by atoms with van der Waals surface area (Å²) < 4.78 is 31.7. The Hall–Kier alpha value is -2.79. The normalized spacial score (nSPS) is 15.7. The van der Waals surface area contributed by atoms with Crippen LogP contribution >= 0.6 is 22.9 Å². The van der Waals surface area contributed by atoms with Crippen molar-refractivity contribution in [2.45, 2.75) is 22.1 Å². The maximum atomic E-state index is 13.2. The van der Waals surface area contributed by atoms with Crippen molar-refractivity contribution in [3.05, 3.63) is 69.4 Å². The number of nitrogens with one attached hydrogen (secondary N) is 1. The molecule has 1 atom stereocenters. The molecular formula is C22H16ClNO4S2. The predicted molar refractivity (Wildman–Crippen MR) is 117 cm³/mol. The van der Waals surface area contributed by atoms with Crippen molar-refractivity contribution in [2.75, 3.05) is 11.9 Å². The van der Waals surface area contributed by atoms with Crippen molar-refractivity contribution in [3.8, 4) is 18.1 Å². The van der Waals surface area contributed by atoms with E-state index in [2.05, 4.69) is 11.2 Å². The number of benzene rings is 2. The third-order valence-corrected chi connectivity index (χ3v) is 8.07. The summed E-state index contributed by atoms with van der Waals surface area (Å²) in [5, 5.41) is 4.78. The van der Waals surface area contributed by atoms with Crippen LogP contribution in [0.5, 0.6) is 5.75 Å². The van der Waals surface area contributed by atoms with E-state index in [-0.39, 0.29) is 34.6 Å². The second-order valence-electron chi connectivity index (χ2n) is 6.66. The van der Waals surface area contributed by atoms with Gasteiger partial charge in [0, 0.05) is 27.6 Å². The summed E-state index contributed by atoms with van der Waals surface area (Å²) in [7, 11) is -3.80. The molecule has 0 radical (unpaired) electrons. The van der Waals surface area contributed by atoms with Gasteiger partial charge in [-0.05, 0) is 42.0 Å². The zero-order valence-corrected chi connectivity index (χ0v) is 18.0. The van der Waals surface area contributed by atoms with Gasteiger partial charge in [-0.15, -0.1) is 17.8 Å². The molecule has 0 fully saturated rings. The molecule has 1 aromatic heterocycles. The standard InChI is InChI=1S/C22H16ClNO4S2/c1-2-11-28-16-7-3-14(4-8-16)18-12-20(25)24-21-19(13-29-22(18)21)30(26,27)17-9-5-15(23)6-10-17/h1,3-10,13,18H,11-12H2,(H,24,25)/t18-/m1/s1. The van der Waals surface area contributed by atoms with Gasteiger partial charge in [-0.2, -0.15) is 0 Å². The fourth-order valence-corrected chi connectivity index (χ4v) is 6.37. The van der Waals surface area contributed by atoms with E-state index in [4.69, 9.17) is 22.8 Å². The molecule has 30 heavy (non-hydrogen) atoms. The SMILES string of the molecule is C#CCOc1ccc([C@H]2CC(=O)Nc3c(S(=O)(=O)c4ccc(Cl)cc4)csc32)cc1. The minimum absolute atomic E-state index is 0.0943. The number of carbonyl (C=O) groups is 1. The van der Waals surface area contributed by atoms with Gasteiger partial charge in [-0.25, -0.2) is 8.42 Å². The van der Waals surface area contributed by atoms with Crippen LogP contribution in [0.4, 0.5) is 5.69 Å². The summed E-state index contributed by atoms with van der Waals surface area (Å²) in [6.45, 7) is 0.173. The Morgan fingerprint density at radius 2 is 1.87 bits per heavy atom. The van der Waals surface area contributed by atoms with Crippen molar-refractivity contribution >= 4 is 44.4 Å². The Balaban J connectivity index is 1.72. The molecule has 2 aromatic carbocycles. The predicted octanol–water partition coefficient (Wildman–Crippen LogP) is 4.72. The van der Waals surface area contributed by atoms with Crippen molar-refractivity contribution < 1.29 is 17.9 Å². The number of anilines is 1. The molecule has 1 aliphatic heterocycles. The number of sulfone groups is 1. The first-order chi connectivity index (χ1) is 14.4. The molecule has 1 amide bonds. The van der Waals surface area contributed by atoms with Gasteiger partial charge in [0.05, 0.1) is 10.6 Å². The summed E-state index contributed by atoms with van der Waals surface area (Å²) in [6, 6.07) is 13.3. The number of ether oxygens (including phenoxy) is 1. The fraction of sp³-hybridized carbons (Fsp3) is 0.136. The number of hydrogen-bond acceptors (Lipinski definition) is 5. The molecule has 2 heterocycles. The monoisotopic (exact) mass is 457 g/mol. The molecule has 4 rings (SSSR count). The average Bonchev–Trinajstić information content (AvgIpc) is 3.17. The number of halogens is 1. The maximum absolute atomic E-state index is 13.2. The van der Waals surface area contributed by atoms with Crippen molar-refractivity contribution in [3.63, 3.8) is 0 Å². The van der Waals surface area contributed by atoms with Gasteiger partial charge in [-0.3, -0.25) is 4.79 Å². The van der Waals surface area contributed by atoms with Crippen molar-refractivity contribution in [2.24, 2.45) is 0 Å². The molecule has 5 nitrogen and oxygen atoms in total. The van der Waals surface area contributed by atoms with E-state index in [1.54, 1.807) is 17.5 Å². The summed E-state index contributed by atoms with van der Waals surface area (Å²) in [4.78, 5) is 13.4. The molecule has 0 saturated heterocycles. The summed E-state index contributed by atoms with van der Waals surface area (Å²) in [5.74, 6) is 2.57.